The number of carboxylic acids is 1. The summed E-state index contributed by atoms with van der Waals surface area (Å²) in [6.07, 6.45) is 9.66. The number of carbonyl (C=O) groups is 1. The summed E-state index contributed by atoms with van der Waals surface area (Å²) in [6, 6.07) is 4.13. The van der Waals surface area contributed by atoms with E-state index in [4.69, 9.17) is 0 Å². The summed E-state index contributed by atoms with van der Waals surface area (Å²) in [4.78, 5) is 18.6. The van der Waals surface area contributed by atoms with E-state index in [1.807, 2.05) is 16.7 Å². The average Bonchev–Trinajstić information content (AvgIpc) is 3.08. The fourth-order valence-corrected chi connectivity index (χ4v) is 4.44. The summed E-state index contributed by atoms with van der Waals surface area (Å²) in [5, 5.41) is 9.62. The van der Waals surface area contributed by atoms with Gasteiger partial charge in [-0.15, -0.1) is 0 Å². The van der Waals surface area contributed by atoms with Gasteiger partial charge in [-0.2, -0.15) is 0 Å². The van der Waals surface area contributed by atoms with Gasteiger partial charge >= 0.3 is 5.97 Å². The molecule has 3 heterocycles. The molecule has 2 aromatic heterocycles. The van der Waals surface area contributed by atoms with Gasteiger partial charge in [0, 0.05) is 25.0 Å². The van der Waals surface area contributed by atoms with Gasteiger partial charge in [0.15, 0.2) is 0 Å². The van der Waals surface area contributed by atoms with Gasteiger partial charge in [-0.25, -0.2) is 4.98 Å². The Morgan fingerprint density at radius 1 is 1.30 bits per heavy atom. The molecular formula is C18H23N3O2. The molecule has 1 saturated heterocycles. The lowest BCUT2D eigenvalue weighted by Gasteiger charge is -2.32. The van der Waals surface area contributed by atoms with Gasteiger partial charge in [0.2, 0.25) is 0 Å². The van der Waals surface area contributed by atoms with Crippen LogP contribution >= 0.6 is 0 Å². The molecule has 0 bridgehead atoms. The summed E-state index contributed by atoms with van der Waals surface area (Å²) in [6.45, 7) is 2.70. The second-order valence-corrected chi connectivity index (χ2v) is 7.08. The predicted octanol–water partition coefficient (Wildman–Crippen LogP) is 2.86. The van der Waals surface area contributed by atoms with Gasteiger partial charge in [0.25, 0.3) is 0 Å². The van der Waals surface area contributed by atoms with Crippen LogP contribution in [0.4, 0.5) is 0 Å². The number of hydrogen-bond acceptors (Lipinski definition) is 3. The standard InChI is InChI=1S/C18H23N3O2/c1-12-6-7-17-19-14(10-20(17)9-12)11-21-15-5-3-2-4-13(15)8-16(21)18(22)23/h6-7,9-10,13,15-16H,2-5,8,11H2,1H3,(H,22,23). The smallest absolute Gasteiger partial charge is 0.320 e. The molecular weight excluding hydrogens is 290 g/mol. The number of pyridine rings is 1. The SMILES string of the molecule is Cc1ccc2nc(CN3C(C(=O)O)CC4CCCCC43)cn2c1. The zero-order valence-electron chi connectivity index (χ0n) is 13.5. The topological polar surface area (TPSA) is 57.8 Å². The van der Waals surface area contributed by atoms with Crippen molar-refractivity contribution < 1.29 is 9.90 Å². The molecule has 5 heteroatoms. The van der Waals surface area contributed by atoms with Crippen molar-refractivity contribution >= 4 is 11.6 Å². The first kappa shape index (κ1) is 14.7. The van der Waals surface area contributed by atoms with Crippen molar-refractivity contribution in [1.82, 2.24) is 14.3 Å². The van der Waals surface area contributed by atoms with Crippen molar-refractivity contribution in [2.24, 2.45) is 5.92 Å². The highest BCUT2D eigenvalue weighted by molar-refractivity contribution is 5.74. The largest absolute Gasteiger partial charge is 0.480 e. The molecule has 0 aromatic carbocycles. The van der Waals surface area contributed by atoms with Crippen LogP contribution in [0.5, 0.6) is 0 Å². The van der Waals surface area contributed by atoms with Crippen molar-refractivity contribution in [3.63, 3.8) is 0 Å². The molecule has 4 rings (SSSR count). The lowest BCUT2D eigenvalue weighted by molar-refractivity contribution is -0.142. The molecule has 0 spiro atoms. The molecule has 2 aromatic rings. The Labute approximate surface area is 135 Å². The number of aliphatic carboxylic acids is 1. The molecule has 2 aliphatic rings. The third-order valence-corrected chi connectivity index (χ3v) is 5.50. The second-order valence-electron chi connectivity index (χ2n) is 7.08. The Morgan fingerprint density at radius 3 is 2.96 bits per heavy atom. The predicted molar refractivity (Wildman–Crippen MR) is 87.3 cm³/mol. The van der Waals surface area contributed by atoms with Gasteiger partial charge in [-0.1, -0.05) is 18.9 Å². The fraction of sp³-hybridized carbons (Fsp3) is 0.556. The highest BCUT2D eigenvalue weighted by atomic mass is 16.4. The van der Waals surface area contributed by atoms with Crippen LogP contribution in [-0.4, -0.2) is 37.4 Å². The zero-order chi connectivity index (χ0) is 16.0. The Bertz CT molecular complexity index is 739. The Balaban J connectivity index is 1.62. The number of rotatable bonds is 3. The quantitative estimate of drug-likeness (QED) is 0.946. The molecule has 122 valence electrons. The van der Waals surface area contributed by atoms with Crippen LogP contribution in [0.1, 0.15) is 43.4 Å². The van der Waals surface area contributed by atoms with Gasteiger partial charge in [0.05, 0.1) is 5.69 Å². The van der Waals surface area contributed by atoms with Crippen LogP contribution in [0.3, 0.4) is 0 Å². The van der Waals surface area contributed by atoms with Crippen LogP contribution < -0.4 is 0 Å². The molecule has 0 amide bonds. The molecule has 1 saturated carbocycles. The number of carboxylic acid groups (broad SMARTS) is 1. The third-order valence-electron chi connectivity index (χ3n) is 5.50. The minimum absolute atomic E-state index is 0.352. The lowest BCUT2D eigenvalue weighted by Crippen LogP contribution is -2.41. The van der Waals surface area contributed by atoms with Gasteiger partial charge in [-0.3, -0.25) is 9.69 Å². The third kappa shape index (κ3) is 2.63. The minimum Gasteiger partial charge on any atom is -0.480 e. The molecule has 5 nitrogen and oxygen atoms in total. The summed E-state index contributed by atoms with van der Waals surface area (Å²) >= 11 is 0. The zero-order valence-corrected chi connectivity index (χ0v) is 13.5. The van der Waals surface area contributed by atoms with E-state index in [9.17, 15) is 9.90 Å². The van der Waals surface area contributed by atoms with E-state index in [0.29, 0.717) is 18.5 Å². The average molecular weight is 313 g/mol. The molecule has 1 aliphatic heterocycles. The van der Waals surface area contributed by atoms with Gasteiger partial charge < -0.3 is 9.51 Å². The van der Waals surface area contributed by atoms with Crippen LogP contribution in [-0.2, 0) is 11.3 Å². The number of hydrogen-bond donors (Lipinski definition) is 1. The van der Waals surface area contributed by atoms with E-state index in [0.717, 1.165) is 24.2 Å². The van der Waals surface area contributed by atoms with Crippen molar-refractivity contribution in [3.05, 3.63) is 35.8 Å². The van der Waals surface area contributed by atoms with E-state index < -0.39 is 5.97 Å². The second kappa shape index (κ2) is 5.64. The number of imidazole rings is 1. The van der Waals surface area contributed by atoms with Crippen LogP contribution in [0.15, 0.2) is 24.5 Å². The lowest BCUT2D eigenvalue weighted by atomic mass is 9.85. The maximum absolute atomic E-state index is 11.7. The minimum atomic E-state index is -0.681. The Morgan fingerprint density at radius 2 is 2.13 bits per heavy atom. The maximum Gasteiger partial charge on any atom is 0.320 e. The van der Waals surface area contributed by atoms with Gasteiger partial charge in [0.1, 0.15) is 11.7 Å². The molecule has 0 radical (unpaired) electrons. The van der Waals surface area contributed by atoms with Crippen molar-refractivity contribution in [2.75, 3.05) is 0 Å². The van der Waals surface area contributed by atoms with Crippen LogP contribution in [0, 0.1) is 12.8 Å². The molecule has 23 heavy (non-hydrogen) atoms. The first-order valence-corrected chi connectivity index (χ1v) is 8.54. The van der Waals surface area contributed by atoms with Crippen molar-refractivity contribution in [3.8, 4) is 0 Å². The number of nitrogens with zero attached hydrogens (tertiary/aromatic N) is 3. The summed E-state index contributed by atoms with van der Waals surface area (Å²) in [5.41, 5.74) is 3.09. The van der Waals surface area contributed by atoms with Crippen LogP contribution in [0.2, 0.25) is 0 Å². The summed E-state index contributed by atoms with van der Waals surface area (Å²) in [5.74, 6) is -0.136. The number of aryl methyl sites for hydroxylation is 1. The highest BCUT2D eigenvalue weighted by Gasteiger charge is 2.45. The van der Waals surface area contributed by atoms with E-state index >= 15 is 0 Å². The molecule has 1 aliphatic carbocycles. The first-order valence-electron chi connectivity index (χ1n) is 8.54. The number of likely N-dealkylation sites (tertiary alicyclic amines) is 1. The molecule has 3 unspecified atom stereocenters. The van der Waals surface area contributed by atoms with Crippen molar-refractivity contribution in [2.45, 2.75) is 57.7 Å². The summed E-state index contributed by atoms with van der Waals surface area (Å²) in [7, 11) is 0. The monoisotopic (exact) mass is 313 g/mol. The fourth-order valence-electron chi connectivity index (χ4n) is 4.44. The first-order chi connectivity index (χ1) is 11.1. The molecule has 1 N–H and O–H groups in total. The number of fused-ring (bicyclic) bond motifs is 2. The van der Waals surface area contributed by atoms with Crippen molar-refractivity contribution in [1.29, 1.82) is 0 Å². The maximum atomic E-state index is 11.7. The van der Waals surface area contributed by atoms with E-state index in [2.05, 4.69) is 29.1 Å². The van der Waals surface area contributed by atoms with E-state index in [1.54, 1.807) is 0 Å². The normalized spacial score (nSPS) is 28.1. The number of aromatic nitrogens is 2. The van der Waals surface area contributed by atoms with E-state index in [-0.39, 0.29) is 6.04 Å². The molecule has 3 atom stereocenters. The Kier molecular flexibility index (Phi) is 3.60. The highest BCUT2D eigenvalue weighted by Crippen LogP contribution is 2.40. The van der Waals surface area contributed by atoms with Crippen LogP contribution in [0.25, 0.3) is 5.65 Å². The Hall–Kier alpha value is -1.88. The molecule has 2 fully saturated rings. The van der Waals surface area contributed by atoms with Gasteiger partial charge in [-0.05, 0) is 43.7 Å². The van der Waals surface area contributed by atoms with E-state index in [1.165, 1.54) is 24.8 Å². The summed E-state index contributed by atoms with van der Waals surface area (Å²) < 4.78 is 2.04.